The number of fused-ring (bicyclic) bond motifs is 1. The second-order valence-corrected chi connectivity index (χ2v) is 7.30. The van der Waals surface area contributed by atoms with Crippen molar-refractivity contribution in [1.29, 1.82) is 5.26 Å². The summed E-state index contributed by atoms with van der Waals surface area (Å²) in [6, 6.07) is 11.8. The van der Waals surface area contributed by atoms with E-state index in [2.05, 4.69) is 16.4 Å². The van der Waals surface area contributed by atoms with Gasteiger partial charge in [0.1, 0.15) is 18.0 Å². The van der Waals surface area contributed by atoms with E-state index in [1.54, 1.807) is 0 Å². The van der Waals surface area contributed by atoms with E-state index >= 15 is 0 Å². The smallest absolute Gasteiger partial charge is 0.407 e. The number of amides is 1. The van der Waals surface area contributed by atoms with Gasteiger partial charge in [-0.25, -0.2) is 9.78 Å². The SMILES string of the molecule is CC(C)(C)NC(=O)O[C@H]1CCN(c2nc3ccccc3cc2C#N)C1. The number of nitrogens with one attached hydrogen (secondary N) is 1. The van der Waals surface area contributed by atoms with Crippen LogP contribution in [0.3, 0.4) is 0 Å². The van der Waals surface area contributed by atoms with Gasteiger partial charge in [-0.05, 0) is 32.9 Å². The van der Waals surface area contributed by atoms with Crippen molar-refractivity contribution in [2.24, 2.45) is 0 Å². The maximum absolute atomic E-state index is 11.9. The number of carbonyl (C=O) groups excluding carboxylic acids is 1. The van der Waals surface area contributed by atoms with E-state index in [0.717, 1.165) is 17.3 Å². The number of rotatable bonds is 2. The van der Waals surface area contributed by atoms with Crippen LogP contribution in [0.15, 0.2) is 30.3 Å². The van der Waals surface area contributed by atoms with Crippen LogP contribution in [-0.4, -0.2) is 35.8 Å². The summed E-state index contributed by atoms with van der Waals surface area (Å²) in [5.41, 5.74) is 1.06. The fourth-order valence-electron chi connectivity index (χ4n) is 2.93. The number of nitrogens with zero attached hydrogens (tertiary/aromatic N) is 3. The van der Waals surface area contributed by atoms with Crippen LogP contribution in [0.1, 0.15) is 32.8 Å². The number of para-hydroxylation sites is 1. The molecule has 6 heteroatoms. The number of anilines is 1. The van der Waals surface area contributed by atoms with E-state index in [1.807, 2.05) is 56.0 Å². The molecule has 0 spiro atoms. The predicted octanol–water partition coefficient (Wildman–Crippen LogP) is 3.21. The summed E-state index contributed by atoms with van der Waals surface area (Å²) in [7, 11) is 0. The topological polar surface area (TPSA) is 78.2 Å². The van der Waals surface area contributed by atoms with Gasteiger partial charge in [-0.15, -0.1) is 0 Å². The van der Waals surface area contributed by atoms with Crippen LogP contribution in [0, 0.1) is 11.3 Å². The highest BCUT2D eigenvalue weighted by atomic mass is 16.6. The van der Waals surface area contributed by atoms with Gasteiger partial charge in [0.2, 0.25) is 0 Å². The van der Waals surface area contributed by atoms with E-state index in [-0.39, 0.29) is 11.6 Å². The summed E-state index contributed by atoms with van der Waals surface area (Å²) < 4.78 is 5.50. The van der Waals surface area contributed by atoms with Gasteiger partial charge in [-0.1, -0.05) is 18.2 Å². The average Bonchev–Trinajstić information content (AvgIpc) is 2.99. The van der Waals surface area contributed by atoms with Gasteiger partial charge in [0.05, 0.1) is 17.6 Å². The van der Waals surface area contributed by atoms with E-state index in [1.165, 1.54) is 0 Å². The molecule has 2 heterocycles. The first-order valence-corrected chi connectivity index (χ1v) is 8.39. The summed E-state index contributed by atoms with van der Waals surface area (Å²) in [6.07, 6.45) is 0.102. The third kappa shape index (κ3) is 4.00. The molecule has 0 aliphatic carbocycles. The molecule has 1 aliphatic rings. The van der Waals surface area contributed by atoms with Crippen LogP contribution >= 0.6 is 0 Å². The molecule has 25 heavy (non-hydrogen) atoms. The summed E-state index contributed by atoms with van der Waals surface area (Å²) in [5, 5.41) is 13.2. The molecule has 0 radical (unpaired) electrons. The molecule has 1 aromatic carbocycles. The molecule has 2 aromatic rings. The minimum atomic E-state index is -0.411. The van der Waals surface area contributed by atoms with Crippen molar-refractivity contribution < 1.29 is 9.53 Å². The van der Waals surface area contributed by atoms with Crippen molar-refractivity contribution >= 4 is 22.8 Å². The van der Waals surface area contributed by atoms with Gasteiger partial charge in [-0.3, -0.25) is 0 Å². The minimum absolute atomic E-state index is 0.206. The van der Waals surface area contributed by atoms with Crippen molar-refractivity contribution in [2.75, 3.05) is 18.0 Å². The Balaban J connectivity index is 1.75. The van der Waals surface area contributed by atoms with Gasteiger partial charge in [0.25, 0.3) is 0 Å². The van der Waals surface area contributed by atoms with Crippen LogP contribution < -0.4 is 10.2 Å². The number of carbonyl (C=O) groups is 1. The lowest BCUT2D eigenvalue weighted by Gasteiger charge is -2.22. The first kappa shape index (κ1) is 17.0. The zero-order valence-electron chi connectivity index (χ0n) is 14.7. The Hall–Kier alpha value is -2.81. The number of nitriles is 1. The minimum Gasteiger partial charge on any atom is -0.444 e. The van der Waals surface area contributed by atoms with E-state index < -0.39 is 6.09 Å². The molecule has 1 aromatic heterocycles. The highest BCUT2D eigenvalue weighted by molar-refractivity contribution is 5.83. The maximum Gasteiger partial charge on any atom is 0.407 e. The first-order valence-electron chi connectivity index (χ1n) is 8.39. The van der Waals surface area contributed by atoms with Gasteiger partial charge < -0.3 is 15.0 Å². The molecule has 0 unspecified atom stereocenters. The number of pyridine rings is 1. The number of ether oxygens (including phenoxy) is 1. The summed E-state index contributed by atoms with van der Waals surface area (Å²) >= 11 is 0. The summed E-state index contributed by atoms with van der Waals surface area (Å²) in [5.74, 6) is 0.656. The number of alkyl carbamates (subject to hydrolysis) is 1. The zero-order chi connectivity index (χ0) is 18.0. The first-order chi connectivity index (χ1) is 11.9. The van der Waals surface area contributed by atoms with E-state index in [9.17, 15) is 10.1 Å². The lowest BCUT2D eigenvalue weighted by Crippen LogP contribution is -2.42. The van der Waals surface area contributed by atoms with Crippen molar-refractivity contribution in [1.82, 2.24) is 10.3 Å². The molecule has 6 nitrogen and oxygen atoms in total. The van der Waals surface area contributed by atoms with Gasteiger partial charge in [0, 0.05) is 23.9 Å². The molecule has 0 saturated carbocycles. The quantitative estimate of drug-likeness (QED) is 0.910. The largest absolute Gasteiger partial charge is 0.444 e. The Morgan fingerprint density at radius 1 is 1.40 bits per heavy atom. The highest BCUT2D eigenvalue weighted by Crippen LogP contribution is 2.27. The zero-order valence-corrected chi connectivity index (χ0v) is 14.7. The normalized spacial score (nSPS) is 17.4. The summed E-state index contributed by atoms with van der Waals surface area (Å²) in [6.45, 7) is 6.97. The monoisotopic (exact) mass is 338 g/mol. The molecule has 1 N–H and O–H groups in total. The molecular weight excluding hydrogens is 316 g/mol. The number of aromatic nitrogens is 1. The lowest BCUT2D eigenvalue weighted by molar-refractivity contribution is 0.101. The maximum atomic E-state index is 11.9. The molecule has 1 aliphatic heterocycles. The molecular formula is C19H22N4O2. The highest BCUT2D eigenvalue weighted by Gasteiger charge is 2.29. The number of benzene rings is 1. The van der Waals surface area contributed by atoms with E-state index in [4.69, 9.17) is 4.74 Å². The molecule has 130 valence electrons. The lowest BCUT2D eigenvalue weighted by atomic mass is 10.1. The molecule has 1 saturated heterocycles. The third-order valence-electron chi connectivity index (χ3n) is 4.02. The molecule has 1 fully saturated rings. The van der Waals surface area contributed by atoms with Crippen LogP contribution in [0.5, 0.6) is 0 Å². The summed E-state index contributed by atoms with van der Waals surface area (Å²) in [4.78, 5) is 18.6. The van der Waals surface area contributed by atoms with Gasteiger partial charge in [-0.2, -0.15) is 5.26 Å². The average molecular weight is 338 g/mol. The Morgan fingerprint density at radius 3 is 2.88 bits per heavy atom. The van der Waals surface area contributed by atoms with Crippen LogP contribution in [0.2, 0.25) is 0 Å². The second kappa shape index (κ2) is 6.60. The Morgan fingerprint density at radius 2 is 2.16 bits per heavy atom. The number of hydrogen-bond donors (Lipinski definition) is 1. The molecule has 1 atom stereocenters. The van der Waals surface area contributed by atoms with Crippen molar-refractivity contribution in [3.05, 3.63) is 35.9 Å². The third-order valence-corrected chi connectivity index (χ3v) is 4.02. The van der Waals surface area contributed by atoms with Crippen LogP contribution in [0.25, 0.3) is 10.9 Å². The van der Waals surface area contributed by atoms with Gasteiger partial charge >= 0.3 is 6.09 Å². The van der Waals surface area contributed by atoms with Crippen molar-refractivity contribution in [3.8, 4) is 6.07 Å². The Kier molecular flexibility index (Phi) is 4.49. The van der Waals surface area contributed by atoms with Crippen LogP contribution in [0.4, 0.5) is 10.6 Å². The standard InChI is InChI=1S/C19H22N4O2/c1-19(2,3)22-18(24)25-15-8-9-23(12-15)17-14(11-20)10-13-6-4-5-7-16(13)21-17/h4-7,10,15H,8-9,12H2,1-3H3,(H,22,24)/t15-/m0/s1. The molecule has 1 amide bonds. The van der Waals surface area contributed by atoms with Crippen LogP contribution in [-0.2, 0) is 4.74 Å². The fraction of sp³-hybridized carbons (Fsp3) is 0.421. The predicted molar refractivity (Wildman–Crippen MR) is 96.4 cm³/mol. The fourth-order valence-corrected chi connectivity index (χ4v) is 2.93. The molecule has 0 bridgehead atoms. The van der Waals surface area contributed by atoms with Gasteiger partial charge in [0.15, 0.2) is 0 Å². The Labute approximate surface area is 147 Å². The number of hydrogen-bond acceptors (Lipinski definition) is 5. The van der Waals surface area contributed by atoms with E-state index in [0.29, 0.717) is 24.5 Å². The Bertz CT molecular complexity index is 835. The van der Waals surface area contributed by atoms with Crippen molar-refractivity contribution in [3.63, 3.8) is 0 Å². The second-order valence-electron chi connectivity index (χ2n) is 7.30. The molecule has 3 rings (SSSR count). The van der Waals surface area contributed by atoms with Crippen molar-refractivity contribution in [2.45, 2.75) is 38.8 Å².